The Morgan fingerprint density at radius 1 is 1.64 bits per heavy atom. The molecule has 0 bridgehead atoms. The van der Waals surface area contributed by atoms with E-state index in [1.54, 1.807) is 5.48 Å². The first-order valence-electron chi connectivity index (χ1n) is 3.10. The molecule has 11 heavy (non-hydrogen) atoms. The lowest BCUT2D eigenvalue weighted by Crippen LogP contribution is -2.00. The van der Waals surface area contributed by atoms with Gasteiger partial charge in [0.15, 0.2) is 0 Å². The molecule has 0 fully saturated rings. The summed E-state index contributed by atoms with van der Waals surface area (Å²) in [4.78, 5) is 3.73. The SMILES string of the molecule is Cc1noc(/N=C/NO)c1C. The molecule has 0 amide bonds. The molecule has 0 aliphatic carbocycles. The van der Waals surface area contributed by atoms with E-state index in [-0.39, 0.29) is 0 Å². The Hall–Kier alpha value is -1.36. The molecular weight excluding hydrogens is 146 g/mol. The van der Waals surface area contributed by atoms with Gasteiger partial charge in [0.25, 0.3) is 5.88 Å². The molecule has 60 valence electrons. The fourth-order valence-electron chi connectivity index (χ4n) is 0.611. The maximum atomic E-state index is 8.16. The van der Waals surface area contributed by atoms with Crippen LogP contribution in [0.2, 0.25) is 0 Å². The summed E-state index contributed by atoms with van der Waals surface area (Å²) < 4.78 is 4.80. The topological polar surface area (TPSA) is 70.7 Å². The molecule has 1 rings (SSSR count). The van der Waals surface area contributed by atoms with E-state index in [9.17, 15) is 0 Å². The molecule has 1 aromatic heterocycles. The highest BCUT2D eigenvalue weighted by atomic mass is 16.5. The normalized spacial score (nSPS) is 10.8. The second-order valence-corrected chi connectivity index (χ2v) is 2.09. The summed E-state index contributed by atoms with van der Waals surface area (Å²) in [7, 11) is 0. The van der Waals surface area contributed by atoms with Crippen molar-refractivity contribution in [2.75, 3.05) is 0 Å². The van der Waals surface area contributed by atoms with Gasteiger partial charge in [-0.05, 0) is 13.8 Å². The highest BCUT2D eigenvalue weighted by Gasteiger charge is 2.04. The molecule has 0 spiro atoms. The lowest BCUT2D eigenvalue weighted by molar-refractivity contribution is 0.239. The Kier molecular flexibility index (Phi) is 2.22. The summed E-state index contributed by atoms with van der Waals surface area (Å²) in [5.74, 6) is 0.407. The number of aryl methyl sites for hydroxylation is 1. The molecule has 0 aliphatic rings. The third-order valence-electron chi connectivity index (χ3n) is 1.37. The second kappa shape index (κ2) is 3.16. The van der Waals surface area contributed by atoms with E-state index in [0.717, 1.165) is 17.6 Å². The highest BCUT2D eigenvalue weighted by Crippen LogP contribution is 2.19. The van der Waals surface area contributed by atoms with Crippen LogP contribution in [0.1, 0.15) is 11.3 Å². The largest absolute Gasteiger partial charge is 0.336 e. The molecule has 5 heteroatoms. The third-order valence-corrected chi connectivity index (χ3v) is 1.37. The lowest BCUT2D eigenvalue weighted by atomic mass is 10.3. The number of aliphatic imine (C=N–C) groups is 1. The average molecular weight is 155 g/mol. The van der Waals surface area contributed by atoms with Crippen molar-refractivity contribution in [3.63, 3.8) is 0 Å². The summed E-state index contributed by atoms with van der Waals surface area (Å²) in [6, 6.07) is 0. The minimum Gasteiger partial charge on any atom is -0.336 e. The van der Waals surface area contributed by atoms with Gasteiger partial charge in [-0.15, -0.1) is 0 Å². The highest BCUT2D eigenvalue weighted by molar-refractivity contribution is 5.58. The second-order valence-electron chi connectivity index (χ2n) is 2.09. The fourth-order valence-corrected chi connectivity index (χ4v) is 0.611. The van der Waals surface area contributed by atoms with Gasteiger partial charge < -0.3 is 4.52 Å². The molecular formula is C6H9N3O2. The summed E-state index contributed by atoms with van der Waals surface area (Å²) in [5, 5.41) is 11.8. The van der Waals surface area contributed by atoms with Crippen molar-refractivity contribution in [2.45, 2.75) is 13.8 Å². The van der Waals surface area contributed by atoms with E-state index in [2.05, 4.69) is 10.1 Å². The number of nitrogens with zero attached hydrogens (tertiary/aromatic N) is 2. The summed E-state index contributed by atoms with van der Waals surface area (Å²) >= 11 is 0. The molecule has 0 aromatic carbocycles. The van der Waals surface area contributed by atoms with Crippen LogP contribution in [0.5, 0.6) is 0 Å². The third kappa shape index (κ3) is 1.56. The van der Waals surface area contributed by atoms with Crippen LogP contribution in [0.3, 0.4) is 0 Å². The zero-order chi connectivity index (χ0) is 8.27. The van der Waals surface area contributed by atoms with Gasteiger partial charge in [0.2, 0.25) is 0 Å². The summed E-state index contributed by atoms with van der Waals surface area (Å²) in [6.07, 6.45) is 1.12. The van der Waals surface area contributed by atoms with Crippen LogP contribution in [0.25, 0.3) is 0 Å². The predicted octanol–water partition coefficient (Wildman–Crippen LogP) is 0.930. The minimum absolute atomic E-state index is 0.407. The minimum atomic E-state index is 0.407. The van der Waals surface area contributed by atoms with Crippen LogP contribution in [-0.4, -0.2) is 16.7 Å². The predicted molar refractivity (Wildman–Crippen MR) is 39.1 cm³/mol. The Morgan fingerprint density at radius 2 is 2.36 bits per heavy atom. The number of nitrogens with one attached hydrogen (secondary N) is 1. The molecule has 5 nitrogen and oxygen atoms in total. The van der Waals surface area contributed by atoms with E-state index in [1.807, 2.05) is 13.8 Å². The van der Waals surface area contributed by atoms with Crippen molar-refractivity contribution in [3.05, 3.63) is 11.3 Å². The Labute approximate surface area is 63.7 Å². The number of hydroxylamine groups is 1. The fraction of sp³-hybridized carbons (Fsp3) is 0.333. The smallest absolute Gasteiger partial charge is 0.255 e. The Balaban J connectivity index is 2.87. The zero-order valence-corrected chi connectivity index (χ0v) is 6.33. The number of rotatable bonds is 2. The molecule has 0 radical (unpaired) electrons. The van der Waals surface area contributed by atoms with Crippen LogP contribution in [-0.2, 0) is 0 Å². The molecule has 0 saturated carbocycles. The van der Waals surface area contributed by atoms with Gasteiger partial charge in [0, 0.05) is 5.56 Å². The first-order valence-corrected chi connectivity index (χ1v) is 3.10. The number of hydrogen-bond donors (Lipinski definition) is 2. The Morgan fingerprint density at radius 3 is 2.82 bits per heavy atom. The van der Waals surface area contributed by atoms with Crippen molar-refractivity contribution in [2.24, 2.45) is 4.99 Å². The molecule has 0 atom stereocenters. The van der Waals surface area contributed by atoms with E-state index in [0.29, 0.717) is 5.88 Å². The van der Waals surface area contributed by atoms with Crippen LogP contribution in [0.15, 0.2) is 9.52 Å². The van der Waals surface area contributed by atoms with Gasteiger partial charge in [0.05, 0.1) is 5.69 Å². The van der Waals surface area contributed by atoms with Gasteiger partial charge in [-0.1, -0.05) is 5.16 Å². The van der Waals surface area contributed by atoms with Crippen molar-refractivity contribution in [1.82, 2.24) is 10.6 Å². The van der Waals surface area contributed by atoms with Gasteiger partial charge in [0.1, 0.15) is 6.34 Å². The molecule has 0 unspecified atom stereocenters. The Bertz CT molecular complexity index is 267. The van der Waals surface area contributed by atoms with E-state index >= 15 is 0 Å². The van der Waals surface area contributed by atoms with E-state index in [1.165, 1.54) is 0 Å². The van der Waals surface area contributed by atoms with Crippen LogP contribution >= 0.6 is 0 Å². The van der Waals surface area contributed by atoms with Crippen molar-refractivity contribution >= 4 is 12.2 Å². The maximum Gasteiger partial charge on any atom is 0.255 e. The van der Waals surface area contributed by atoms with Crippen molar-refractivity contribution < 1.29 is 9.73 Å². The molecule has 1 aromatic rings. The standard InChI is InChI=1S/C6H9N3O2/c1-4-5(2)9-11-6(4)7-3-8-10/h3,10H,1-2H3,(H,7,8). The van der Waals surface area contributed by atoms with Crippen molar-refractivity contribution in [3.8, 4) is 0 Å². The van der Waals surface area contributed by atoms with Crippen LogP contribution in [0.4, 0.5) is 5.88 Å². The number of aromatic nitrogens is 1. The first-order chi connectivity index (χ1) is 5.25. The summed E-state index contributed by atoms with van der Waals surface area (Å²) in [6.45, 7) is 3.67. The van der Waals surface area contributed by atoms with Gasteiger partial charge in [-0.3, -0.25) is 10.7 Å². The number of hydrogen-bond acceptors (Lipinski definition) is 4. The lowest BCUT2D eigenvalue weighted by Gasteiger charge is -1.85. The van der Waals surface area contributed by atoms with Gasteiger partial charge in [-0.2, -0.15) is 4.99 Å². The van der Waals surface area contributed by atoms with Gasteiger partial charge in [-0.25, -0.2) is 0 Å². The quantitative estimate of drug-likeness (QED) is 0.378. The molecule has 2 N–H and O–H groups in total. The molecule has 0 aliphatic heterocycles. The molecule has 0 saturated heterocycles. The van der Waals surface area contributed by atoms with E-state index < -0.39 is 0 Å². The van der Waals surface area contributed by atoms with Gasteiger partial charge >= 0.3 is 0 Å². The van der Waals surface area contributed by atoms with E-state index in [4.69, 9.17) is 9.73 Å². The van der Waals surface area contributed by atoms with Crippen LogP contribution < -0.4 is 5.48 Å². The first kappa shape index (κ1) is 7.74. The summed E-state index contributed by atoms with van der Waals surface area (Å²) in [5.41, 5.74) is 3.45. The molecule has 1 heterocycles. The maximum absolute atomic E-state index is 8.16. The van der Waals surface area contributed by atoms with Crippen LogP contribution in [0, 0.1) is 13.8 Å². The monoisotopic (exact) mass is 155 g/mol. The zero-order valence-electron chi connectivity index (χ0n) is 6.33. The van der Waals surface area contributed by atoms with Crippen molar-refractivity contribution in [1.29, 1.82) is 0 Å². The average Bonchev–Trinajstić information content (AvgIpc) is 2.31.